The highest BCUT2D eigenvalue weighted by Crippen LogP contribution is 2.12. The number of halogens is 1. The fourth-order valence-electron chi connectivity index (χ4n) is 1.48. The molecule has 0 aromatic carbocycles. The first-order valence-electron chi connectivity index (χ1n) is 6.54. The van der Waals surface area contributed by atoms with Gasteiger partial charge in [0.1, 0.15) is 6.33 Å². The summed E-state index contributed by atoms with van der Waals surface area (Å²) in [6.07, 6.45) is 2.12. The van der Waals surface area contributed by atoms with Gasteiger partial charge < -0.3 is 10.6 Å². The van der Waals surface area contributed by atoms with Gasteiger partial charge in [0.25, 0.3) is 0 Å². The van der Waals surface area contributed by atoms with E-state index in [1.54, 1.807) is 0 Å². The second kappa shape index (κ2) is 7.66. The van der Waals surface area contributed by atoms with Gasteiger partial charge in [-0.15, -0.1) is 0 Å². The summed E-state index contributed by atoms with van der Waals surface area (Å²) < 4.78 is 13.8. The van der Waals surface area contributed by atoms with Gasteiger partial charge in [0.15, 0.2) is 11.6 Å². The number of aryl methyl sites for hydroxylation is 1. The minimum absolute atomic E-state index is 0.0496. The second-order valence-corrected chi connectivity index (χ2v) is 4.71. The van der Waals surface area contributed by atoms with Crippen LogP contribution in [0, 0.1) is 11.7 Å². The molecule has 1 aromatic rings. The fraction of sp³-hybridized carbons (Fsp3) is 0.615. The van der Waals surface area contributed by atoms with Crippen molar-refractivity contribution in [2.24, 2.45) is 5.92 Å². The molecule has 2 N–H and O–H groups in total. The lowest BCUT2D eigenvalue weighted by Crippen LogP contribution is -2.28. The standard InChI is InChI=1S/C13H21FN4O/c1-4-10-12(14)13(18-8-17-10)15-6-5-11(19)16-7-9(2)3/h8-9H,4-7H2,1-3H3,(H,16,19)(H,15,17,18). The maximum Gasteiger partial charge on any atom is 0.221 e. The first kappa shape index (κ1) is 15.3. The third kappa shape index (κ3) is 5.19. The van der Waals surface area contributed by atoms with Crippen LogP contribution >= 0.6 is 0 Å². The molecule has 0 bridgehead atoms. The van der Waals surface area contributed by atoms with E-state index in [1.165, 1.54) is 6.33 Å². The Balaban J connectivity index is 2.39. The van der Waals surface area contributed by atoms with E-state index >= 15 is 0 Å². The summed E-state index contributed by atoms with van der Waals surface area (Å²) >= 11 is 0. The molecule has 0 saturated carbocycles. The molecule has 0 spiro atoms. The molecular weight excluding hydrogens is 247 g/mol. The third-order valence-electron chi connectivity index (χ3n) is 2.55. The van der Waals surface area contributed by atoms with E-state index in [0.29, 0.717) is 31.1 Å². The van der Waals surface area contributed by atoms with Crippen LogP contribution in [-0.4, -0.2) is 29.0 Å². The van der Waals surface area contributed by atoms with E-state index < -0.39 is 5.82 Å². The summed E-state index contributed by atoms with van der Waals surface area (Å²) in [5.41, 5.74) is 0.377. The van der Waals surface area contributed by atoms with Crippen molar-refractivity contribution >= 4 is 11.7 Å². The molecule has 106 valence electrons. The summed E-state index contributed by atoms with van der Waals surface area (Å²) in [5, 5.41) is 5.62. The SMILES string of the molecule is CCc1ncnc(NCCC(=O)NCC(C)C)c1F. The van der Waals surface area contributed by atoms with Crippen LogP contribution in [0.25, 0.3) is 0 Å². The molecule has 6 heteroatoms. The molecular formula is C13H21FN4O. The van der Waals surface area contributed by atoms with Crippen LogP contribution in [0.5, 0.6) is 0 Å². The molecule has 0 saturated heterocycles. The van der Waals surface area contributed by atoms with Crippen LogP contribution in [0.4, 0.5) is 10.2 Å². The lowest BCUT2D eigenvalue weighted by molar-refractivity contribution is -0.120. The number of nitrogens with zero attached hydrogens (tertiary/aromatic N) is 2. The van der Waals surface area contributed by atoms with E-state index in [1.807, 2.05) is 20.8 Å². The van der Waals surface area contributed by atoms with E-state index in [-0.39, 0.29) is 18.1 Å². The largest absolute Gasteiger partial charge is 0.367 e. The van der Waals surface area contributed by atoms with Gasteiger partial charge in [0, 0.05) is 19.5 Å². The minimum atomic E-state index is -0.437. The van der Waals surface area contributed by atoms with Gasteiger partial charge in [-0.1, -0.05) is 20.8 Å². The van der Waals surface area contributed by atoms with E-state index in [0.717, 1.165) is 0 Å². The zero-order valence-electron chi connectivity index (χ0n) is 11.7. The van der Waals surface area contributed by atoms with Crippen molar-refractivity contribution in [1.29, 1.82) is 0 Å². The fourth-order valence-corrected chi connectivity index (χ4v) is 1.48. The Bertz CT molecular complexity index is 423. The molecule has 1 heterocycles. The number of hydrogen-bond acceptors (Lipinski definition) is 4. The molecule has 0 atom stereocenters. The number of amides is 1. The third-order valence-corrected chi connectivity index (χ3v) is 2.55. The van der Waals surface area contributed by atoms with Crippen molar-refractivity contribution in [2.45, 2.75) is 33.6 Å². The molecule has 0 aliphatic rings. The Kier molecular flexibility index (Phi) is 6.18. The van der Waals surface area contributed by atoms with Crippen LogP contribution in [0.15, 0.2) is 6.33 Å². The molecule has 0 fully saturated rings. The van der Waals surface area contributed by atoms with Crippen molar-refractivity contribution in [3.05, 3.63) is 17.8 Å². The van der Waals surface area contributed by atoms with Gasteiger partial charge in [0.05, 0.1) is 5.69 Å². The molecule has 1 rings (SSSR count). The molecule has 1 aromatic heterocycles. The summed E-state index contributed by atoms with van der Waals surface area (Å²) in [6.45, 7) is 6.89. The molecule has 0 aliphatic heterocycles. The number of rotatable bonds is 7. The lowest BCUT2D eigenvalue weighted by atomic mass is 10.2. The van der Waals surface area contributed by atoms with Gasteiger partial charge in [0.2, 0.25) is 5.91 Å². The first-order chi connectivity index (χ1) is 9.04. The van der Waals surface area contributed by atoms with Crippen molar-refractivity contribution in [3.8, 4) is 0 Å². The Hall–Kier alpha value is -1.72. The summed E-state index contributed by atoms with van der Waals surface area (Å²) in [7, 11) is 0. The maximum atomic E-state index is 13.8. The van der Waals surface area contributed by atoms with Gasteiger partial charge in [-0.3, -0.25) is 4.79 Å². The van der Waals surface area contributed by atoms with Crippen LogP contribution in [-0.2, 0) is 11.2 Å². The van der Waals surface area contributed by atoms with E-state index in [4.69, 9.17) is 0 Å². The number of anilines is 1. The number of carbonyl (C=O) groups excluding carboxylic acids is 1. The molecule has 1 amide bonds. The van der Waals surface area contributed by atoms with Gasteiger partial charge in [-0.2, -0.15) is 0 Å². The van der Waals surface area contributed by atoms with Crippen molar-refractivity contribution in [2.75, 3.05) is 18.4 Å². The highest BCUT2D eigenvalue weighted by molar-refractivity contribution is 5.76. The smallest absolute Gasteiger partial charge is 0.221 e. The normalized spacial score (nSPS) is 10.6. The summed E-state index contributed by atoms with van der Waals surface area (Å²) in [4.78, 5) is 19.1. The number of carbonyl (C=O) groups is 1. The monoisotopic (exact) mass is 268 g/mol. The van der Waals surface area contributed by atoms with E-state index in [9.17, 15) is 9.18 Å². The zero-order valence-corrected chi connectivity index (χ0v) is 11.7. The number of nitrogens with one attached hydrogen (secondary N) is 2. The van der Waals surface area contributed by atoms with Crippen LogP contribution in [0.1, 0.15) is 32.9 Å². The average Bonchev–Trinajstić information content (AvgIpc) is 2.38. The Labute approximate surface area is 113 Å². The maximum absolute atomic E-state index is 13.8. The first-order valence-corrected chi connectivity index (χ1v) is 6.54. The lowest BCUT2D eigenvalue weighted by Gasteiger charge is -2.09. The Morgan fingerprint density at radius 3 is 2.79 bits per heavy atom. The van der Waals surface area contributed by atoms with Crippen LogP contribution < -0.4 is 10.6 Å². The molecule has 0 radical (unpaired) electrons. The van der Waals surface area contributed by atoms with Crippen molar-refractivity contribution in [3.63, 3.8) is 0 Å². The van der Waals surface area contributed by atoms with Gasteiger partial charge in [-0.25, -0.2) is 14.4 Å². The summed E-state index contributed by atoms with van der Waals surface area (Å²) in [5.74, 6) is 0.0887. The second-order valence-electron chi connectivity index (χ2n) is 4.71. The molecule has 0 aliphatic carbocycles. The Morgan fingerprint density at radius 2 is 2.16 bits per heavy atom. The predicted molar refractivity (Wildman–Crippen MR) is 72.3 cm³/mol. The van der Waals surface area contributed by atoms with Crippen LogP contribution in [0.2, 0.25) is 0 Å². The highest BCUT2D eigenvalue weighted by atomic mass is 19.1. The summed E-state index contributed by atoms with van der Waals surface area (Å²) in [6, 6.07) is 0. The minimum Gasteiger partial charge on any atom is -0.367 e. The quantitative estimate of drug-likeness (QED) is 0.790. The van der Waals surface area contributed by atoms with Crippen LogP contribution in [0.3, 0.4) is 0 Å². The van der Waals surface area contributed by atoms with Gasteiger partial charge >= 0.3 is 0 Å². The van der Waals surface area contributed by atoms with Crippen molar-refractivity contribution < 1.29 is 9.18 Å². The van der Waals surface area contributed by atoms with Gasteiger partial charge in [-0.05, 0) is 12.3 Å². The van der Waals surface area contributed by atoms with Crippen molar-refractivity contribution in [1.82, 2.24) is 15.3 Å². The zero-order chi connectivity index (χ0) is 14.3. The average molecular weight is 268 g/mol. The predicted octanol–water partition coefficient (Wildman–Crippen LogP) is 1.75. The Morgan fingerprint density at radius 1 is 1.42 bits per heavy atom. The number of hydrogen-bond donors (Lipinski definition) is 2. The molecule has 19 heavy (non-hydrogen) atoms. The highest BCUT2D eigenvalue weighted by Gasteiger charge is 2.09. The number of aromatic nitrogens is 2. The molecule has 0 unspecified atom stereocenters. The molecule has 5 nitrogen and oxygen atoms in total. The topological polar surface area (TPSA) is 66.9 Å². The van der Waals surface area contributed by atoms with E-state index in [2.05, 4.69) is 20.6 Å².